The Morgan fingerprint density at radius 3 is 2.67 bits per heavy atom. The Kier molecular flexibility index (Phi) is 3.36. The van der Waals surface area contributed by atoms with Crippen molar-refractivity contribution in [3.8, 4) is 0 Å². The highest BCUT2D eigenvalue weighted by atomic mass is 16.4. The van der Waals surface area contributed by atoms with Gasteiger partial charge in [-0.15, -0.1) is 0 Å². The van der Waals surface area contributed by atoms with E-state index in [4.69, 9.17) is 5.11 Å². The second kappa shape index (κ2) is 4.80. The van der Waals surface area contributed by atoms with Crippen molar-refractivity contribution in [3.63, 3.8) is 0 Å². The lowest BCUT2D eigenvalue weighted by atomic mass is 10.1. The molecule has 6 nitrogen and oxygen atoms in total. The molecule has 0 unspecified atom stereocenters. The highest BCUT2D eigenvalue weighted by molar-refractivity contribution is 5.76. The molecule has 6 heteroatoms. The number of aromatic nitrogens is 2. The first-order valence-corrected chi connectivity index (χ1v) is 6.01. The van der Waals surface area contributed by atoms with Gasteiger partial charge in [-0.25, -0.2) is 0 Å². The van der Waals surface area contributed by atoms with Gasteiger partial charge in [0.25, 0.3) is 0 Å². The van der Waals surface area contributed by atoms with E-state index in [-0.39, 0.29) is 18.9 Å². The fourth-order valence-corrected chi connectivity index (χ4v) is 1.93. The molecular weight excluding hydrogens is 234 g/mol. The molecule has 0 aliphatic heterocycles. The molecule has 0 spiro atoms. The summed E-state index contributed by atoms with van der Waals surface area (Å²) < 4.78 is 1.57. The van der Waals surface area contributed by atoms with E-state index in [1.54, 1.807) is 18.5 Å². The summed E-state index contributed by atoms with van der Waals surface area (Å²) in [6, 6.07) is 0.327. The zero-order chi connectivity index (χ0) is 13.3. The first-order chi connectivity index (χ1) is 8.47. The molecule has 1 fully saturated rings. The number of carbonyl (C=O) groups excluding carboxylic acids is 1. The van der Waals surface area contributed by atoms with E-state index in [2.05, 4.69) is 10.4 Å². The van der Waals surface area contributed by atoms with Crippen LogP contribution in [0.25, 0.3) is 0 Å². The van der Waals surface area contributed by atoms with Crippen LogP contribution in [0.15, 0.2) is 0 Å². The molecule has 18 heavy (non-hydrogen) atoms. The van der Waals surface area contributed by atoms with Gasteiger partial charge in [-0.2, -0.15) is 5.10 Å². The van der Waals surface area contributed by atoms with Crippen LogP contribution in [-0.4, -0.2) is 32.8 Å². The number of aryl methyl sites for hydroxylation is 1. The van der Waals surface area contributed by atoms with Crippen molar-refractivity contribution in [2.45, 2.75) is 45.7 Å². The van der Waals surface area contributed by atoms with Crippen molar-refractivity contribution in [2.24, 2.45) is 0 Å². The van der Waals surface area contributed by atoms with Crippen molar-refractivity contribution >= 4 is 11.9 Å². The van der Waals surface area contributed by atoms with Gasteiger partial charge in [-0.1, -0.05) is 0 Å². The third-order valence-corrected chi connectivity index (χ3v) is 3.10. The minimum atomic E-state index is -0.886. The molecule has 0 aromatic carbocycles. The van der Waals surface area contributed by atoms with Crippen molar-refractivity contribution in [1.29, 1.82) is 0 Å². The van der Waals surface area contributed by atoms with Crippen LogP contribution >= 0.6 is 0 Å². The first-order valence-electron chi connectivity index (χ1n) is 6.01. The maximum absolute atomic E-state index is 11.7. The van der Waals surface area contributed by atoms with Crippen LogP contribution in [0.1, 0.15) is 29.8 Å². The SMILES string of the molecule is Cc1nn(CC(=O)NC2CC2)c(C)c1CC(=O)O. The summed E-state index contributed by atoms with van der Waals surface area (Å²) in [5.74, 6) is -0.951. The van der Waals surface area contributed by atoms with E-state index in [1.807, 2.05) is 0 Å². The largest absolute Gasteiger partial charge is 0.481 e. The van der Waals surface area contributed by atoms with Crippen molar-refractivity contribution < 1.29 is 14.7 Å². The van der Waals surface area contributed by atoms with Crippen LogP contribution in [0, 0.1) is 13.8 Å². The van der Waals surface area contributed by atoms with E-state index in [0.29, 0.717) is 17.3 Å². The van der Waals surface area contributed by atoms with E-state index in [0.717, 1.165) is 18.5 Å². The van der Waals surface area contributed by atoms with Crippen molar-refractivity contribution in [3.05, 3.63) is 17.0 Å². The minimum absolute atomic E-state index is 0.0537. The smallest absolute Gasteiger partial charge is 0.307 e. The van der Waals surface area contributed by atoms with Crippen LogP contribution in [-0.2, 0) is 22.6 Å². The molecule has 1 aliphatic carbocycles. The predicted molar refractivity (Wildman–Crippen MR) is 64.2 cm³/mol. The summed E-state index contributed by atoms with van der Waals surface area (Å²) in [5.41, 5.74) is 2.12. The average molecular weight is 251 g/mol. The highest BCUT2D eigenvalue weighted by Gasteiger charge is 2.24. The summed E-state index contributed by atoms with van der Waals surface area (Å²) in [6.07, 6.45) is 2.04. The second-order valence-corrected chi connectivity index (χ2v) is 4.72. The van der Waals surface area contributed by atoms with Crippen LogP contribution < -0.4 is 5.32 Å². The molecule has 0 radical (unpaired) electrons. The zero-order valence-electron chi connectivity index (χ0n) is 10.6. The van der Waals surface area contributed by atoms with Crippen molar-refractivity contribution in [2.75, 3.05) is 0 Å². The molecule has 2 N–H and O–H groups in total. The molecule has 0 bridgehead atoms. The molecule has 1 aliphatic rings. The Hall–Kier alpha value is -1.85. The maximum atomic E-state index is 11.7. The molecule has 0 atom stereocenters. The third kappa shape index (κ3) is 2.88. The lowest BCUT2D eigenvalue weighted by molar-refractivity contribution is -0.136. The quantitative estimate of drug-likeness (QED) is 0.793. The molecule has 0 saturated heterocycles. The van der Waals surface area contributed by atoms with Gasteiger partial charge >= 0.3 is 5.97 Å². The summed E-state index contributed by atoms with van der Waals surface area (Å²) >= 11 is 0. The Morgan fingerprint density at radius 1 is 1.44 bits per heavy atom. The van der Waals surface area contributed by atoms with Crippen LogP contribution in [0.2, 0.25) is 0 Å². The first kappa shape index (κ1) is 12.6. The third-order valence-electron chi connectivity index (χ3n) is 3.10. The molecule has 1 heterocycles. The number of amides is 1. The van der Waals surface area contributed by atoms with Crippen LogP contribution in [0.5, 0.6) is 0 Å². The minimum Gasteiger partial charge on any atom is -0.481 e. The van der Waals surface area contributed by atoms with E-state index in [1.165, 1.54) is 0 Å². The summed E-state index contributed by atoms with van der Waals surface area (Å²) in [5, 5.41) is 15.9. The maximum Gasteiger partial charge on any atom is 0.307 e. The lowest BCUT2D eigenvalue weighted by Crippen LogP contribution is -2.30. The predicted octanol–water partition coefficient (Wildman–Crippen LogP) is 0.406. The normalized spacial score (nSPS) is 14.6. The number of rotatable bonds is 5. The molecule has 98 valence electrons. The zero-order valence-corrected chi connectivity index (χ0v) is 10.6. The van der Waals surface area contributed by atoms with Gasteiger partial charge < -0.3 is 10.4 Å². The number of carbonyl (C=O) groups is 2. The number of hydrogen-bond acceptors (Lipinski definition) is 3. The van der Waals surface area contributed by atoms with Gasteiger partial charge in [0.05, 0.1) is 12.1 Å². The summed E-state index contributed by atoms with van der Waals surface area (Å²) in [6.45, 7) is 3.71. The average Bonchev–Trinajstić information content (AvgIpc) is 3.03. The van der Waals surface area contributed by atoms with E-state index in [9.17, 15) is 9.59 Å². The number of hydrogen-bond donors (Lipinski definition) is 2. The molecule has 1 aromatic rings. The van der Waals surface area contributed by atoms with Gasteiger partial charge in [0.1, 0.15) is 6.54 Å². The molecule has 1 aromatic heterocycles. The molecule has 1 saturated carbocycles. The van der Waals surface area contributed by atoms with Crippen LogP contribution in [0.4, 0.5) is 0 Å². The number of aliphatic carboxylic acids is 1. The topological polar surface area (TPSA) is 84.2 Å². The van der Waals surface area contributed by atoms with Gasteiger partial charge in [-0.3, -0.25) is 14.3 Å². The highest BCUT2D eigenvalue weighted by Crippen LogP contribution is 2.19. The van der Waals surface area contributed by atoms with Gasteiger partial charge in [-0.05, 0) is 26.7 Å². The molecular formula is C12H17N3O3. The van der Waals surface area contributed by atoms with Crippen molar-refractivity contribution in [1.82, 2.24) is 15.1 Å². The summed E-state index contributed by atoms with van der Waals surface area (Å²) in [4.78, 5) is 22.4. The summed E-state index contributed by atoms with van der Waals surface area (Å²) in [7, 11) is 0. The van der Waals surface area contributed by atoms with Gasteiger partial charge in [0, 0.05) is 17.3 Å². The molecule has 1 amide bonds. The van der Waals surface area contributed by atoms with Crippen LogP contribution in [0.3, 0.4) is 0 Å². The number of carboxylic acids is 1. The molecule has 2 rings (SSSR count). The number of carboxylic acid groups (broad SMARTS) is 1. The monoisotopic (exact) mass is 251 g/mol. The fraction of sp³-hybridized carbons (Fsp3) is 0.583. The standard InChI is InChI=1S/C12H17N3O3/c1-7-10(5-12(17)18)8(2)15(14-7)6-11(16)13-9-3-4-9/h9H,3-6H2,1-2H3,(H,13,16)(H,17,18). The Balaban J connectivity index is 2.07. The number of nitrogens with one attached hydrogen (secondary N) is 1. The van der Waals surface area contributed by atoms with E-state index < -0.39 is 5.97 Å². The lowest BCUT2D eigenvalue weighted by Gasteiger charge is -2.05. The Morgan fingerprint density at radius 2 is 2.11 bits per heavy atom. The van der Waals surface area contributed by atoms with Gasteiger partial charge in [0.15, 0.2) is 0 Å². The van der Waals surface area contributed by atoms with Gasteiger partial charge in [0.2, 0.25) is 5.91 Å². The Labute approximate surface area is 105 Å². The second-order valence-electron chi connectivity index (χ2n) is 4.72. The fourth-order valence-electron chi connectivity index (χ4n) is 1.93. The number of nitrogens with zero attached hydrogens (tertiary/aromatic N) is 2. The van der Waals surface area contributed by atoms with E-state index >= 15 is 0 Å². The Bertz CT molecular complexity index is 489.